The Morgan fingerprint density at radius 3 is 2.24 bits per heavy atom. The highest BCUT2D eigenvalue weighted by Gasteiger charge is 2.31. The average molecular weight is 393 g/mol. The van der Waals surface area contributed by atoms with Crippen molar-refractivity contribution >= 4 is 17.6 Å². The Labute approximate surface area is 171 Å². The Morgan fingerprint density at radius 2 is 1.59 bits per heavy atom. The van der Waals surface area contributed by atoms with Crippen molar-refractivity contribution < 1.29 is 9.59 Å². The van der Waals surface area contributed by atoms with Crippen LogP contribution in [-0.2, 0) is 9.59 Å². The average Bonchev–Trinajstić information content (AvgIpc) is 2.79. The van der Waals surface area contributed by atoms with Crippen LogP contribution in [0.3, 0.4) is 0 Å². The summed E-state index contributed by atoms with van der Waals surface area (Å²) < 4.78 is 0. The van der Waals surface area contributed by atoms with Gasteiger partial charge in [0, 0.05) is 63.7 Å². The van der Waals surface area contributed by atoms with Gasteiger partial charge in [-0.25, -0.2) is 9.97 Å². The number of benzene rings is 1. The zero-order chi connectivity index (χ0) is 20.2. The van der Waals surface area contributed by atoms with Gasteiger partial charge in [-0.05, 0) is 12.8 Å². The van der Waals surface area contributed by atoms with Gasteiger partial charge >= 0.3 is 0 Å². The van der Waals surface area contributed by atoms with Crippen LogP contribution in [-0.4, -0.2) is 70.9 Å². The van der Waals surface area contributed by atoms with Gasteiger partial charge < -0.3 is 14.7 Å². The summed E-state index contributed by atoms with van der Waals surface area (Å²) in [6, 6.07) is 12.1. The van der Waals surface area contributed by atoms with E-state index in [2.05, 4.69) is 14.9 Å². The molecule has 3 heterocycles. The highest BCUT2D eigenvalue weighted by atomic mass is 16.2. The molecule has 0 atom stereocenters. The summed E-state index contributed by atoms with van der Waals surface area (Å²) >= 11 is 0. The first-order chi connectivity index (χ1) is 14.1. The molecule has 7 nitrogen and oxygen atoms in total. The van der Waals surface area contributed by atoms with Crippen LogP contribution in [0.2, 0.25) is 0 Å². The standard InChI is InChI=1S/C22H27N5O2/c1-17(28)25-9-7-19(8-10-25)22(29)27-13-11-26(12-14-27)21-15-20(23-16-24-21)18-5-3-2-4-6-18/h2-6,15-16,19H,7-14H2,1H3. The van der Waals surface area contributed by atoms with Crippen LogP contribution in [0.5, 0.6) is 0 Å². The molecule has 0 spiro atoms. The molecule has 2 amide bonds. The third-order valence-electron chi connectivity index (χ3n) is 5.93. The van der Waals surface area contributed by atoms with Crippen molar-refractivity contribution in [1.82, 2.24) is 19.8 Å². The Hall–Kier alpha value is -2.96. The minimum atomic E-state index is 0.0425. The molecule has 7 heteroatoms. The van der Waals surface area contributed by atoms with Crippen molar-refractivity contribution in [2.75, 3.05) is 44.2 Å². The second-order valence-electron chi connectivity index (χ2n) is 7.72. The van der Waals surface area contributed by atoms with Gasteiger partial charge in [0.25, 0.3) is 0 Å². The minimum absolute atomic E-state index is 0.0425. The van der Waals surface area contributed by atoms with Crippen LogP contribution in [0, 0.1) is 5.92 Å². The van der Waals surface area contributed by atoms with E-state index in [4.69, 9.17) is 0 Å². The van der Waals surface area contributed by atoms with Crippen molar-refractivity contribution in [3.63, 3.8) is 0 Å². The lowest BCUT2D eigenvalue weighted by Gasteiger charge is -2.38. The molecule has 0 saturated carbocycles. The summed E-state index contributed by atoms with van der Waals surface area (Å²) in [6.45, 7) is 5.92. The van der Waals surface area contributed by atoms with Crippen molar-refractivity contribution in [1.29, 1.82) is 0 Å². The molecular weight excluding hydrogens is 366 g/mol. The van der Waals surface area contributed by atoms with E-state index in [0.717, 1.165) is 43.0 Å². The van der Waals surface area contributed by atoms with Crippen LogP contribution < -0.4 is 4.90 Å². The van der Waals surface area contributed by atoms with Gasteiger partial charge in [0.15, 0.2) is 0 Å². The first-order valence-electron chi connectivity index (χ1n) is 10.3. The van der Waals surface area contributed by atoms with Crippen molar-refractivity contribution in [3.8, 4) is 11.3 Å². The number of carbonyl (C=O) groups excluding carboxylic acids is 2. The molecule has 0 aliphatic carbocycles. The van der Waals surface area contributed by atoms with E-state index in [1.807, 2.05) is 46.2 Å². The van der Waals surface area contributed by atoms with Crippen LogP contribution in [0.4, 0.5) is 5.82 Å². The number of hydrogen-bond donors (Lipinski definition) is 0. The number of anilines is 1. The smallest absolute Gasteiger partial charge is 0.225 e. The normalized spacial score (nSPS) is 18.0. The van der Waals surface area contributed by atoms with E-state index in [-0.39, 0.29) is 17.7 Å². The fraction of sp³-hybridized carbons (Fsp3) is 0.455. The predicted octanol–water partition coefficient (Wildman–Crippen LogP) is 2.05. The third-order valence-corrected chi connectivity index (χ3v) is 5.93. The molecule has 2 aliphatic rings. The molecule has 2 aliphatic heterocycles. The molecule has 29 heavy (non-hydrogen) atoms. The number of amides is 2. The first kappa shape index (κ1) is 19.4. The van der Waals surface area contributed by atoms with Gasteiger partial charge in [-0.1, -0.05) is 30.3 Å². The van der Waals surface area contributed by atoms with E-state index >= 15 is 0 Å². The molecular formula is C22H27N5O2. The molecule has 1 aromatic carbocycles. The number of nitrogens with zero attached hydrogens (tertiary/aromatic N) is 5. The summed E-state index contributed by atoms with van der Waals surface area (Å²) in [5.41, 5.74) is 1.98. The van der Waals surface area contributed by atoms with E-state index < -0.39 is 0 Å². The maximum absolute atomic E-state index is 12.9. The third kappa shape index (κ3) is 4.39. The number of likely N-dealkylation sites (tertiary alicyclic amines) is 1. The second-order valence-corrected chi connectivity index (χ2v) is 7.72. The van der Waals surface area contributed by atoms with Gasteiger partial charge in [-0.15, -0.1) is 0 Å². The topological polar surface area (TPSA) is 69.6 Å². The Morgan fingerprint density at radius 1 is 0.897 bits per heavy atom. The number of rotatable bonds is 3. The number of carbonyl (C=O) groups is 2. The van der Waals surface area contributed by atoms with Gasteiger partial charge in [-0.3, -0.25) is 9.59 Å². The molecule has 0 radical (unpaired) electrons. The van der Waals surface area contributed by atoms with E-state index in [9.17, 15) is 9.59 Å². The van der Waals surface area contributed by atoms with Crippen molar-refractivity contribution in [2.45, 2.75) is 19.8 Å². The summed E-state index contributed by atoms with van der Waals surface area (Å²) in [4.78, 5) is 39.2. The van der Waals surface area contributed by atoms with E-state index in [1.165, 1.54) is 0 Å². The Kier molecular flexibility index (Phi) is 5.74. The molecule has 4 rings (SSSR count). The molecule has 0 unspecified atom stereocenters. The predicted molar refractivity (Wildman–Crippen MR) is 111 cm³/mol. The SMILES string of the molecule is CC(=O)N1CCC(C(=O)N2CCN(c3cc(-c4ccccc4)ncn3)CC2)CC1. The summed E-state index contributed by atoms with van der Waals surface area (Å²) in [5, 5.41) is 0. The lowest BCUT2D eigenvalue weighted by atomic mass is 9.95. The molecule has 1 aromatic heterocycles. The fourth-order valence-electron chi connectivity index (χ4n) is 4.14. The zero-order valence-electron chi connectivity index (χ0n) is 16.8. The zero-order valence-corrected chi connectivity index (χ0v) is 16.8. The van der Waals surface area contributed by atoms with Gasteiger partial charge in [-0.2, -0.15) is 0 Å². The van der Waals surface area contributed by atoms with Crippen LogP contribution >= 0.6 is 0 Å². The highest BCUT2D eigenvalue weighted by molar-refractivity contribution is 5.80. The summed E-state index contributed by atoms with van der Waals surface area (Å²) in [6.07, 6.45) is 3.15. The lowest BCUT2D eigenvalue weighted by Crippen LogP contribution is -2.52. The molecule has 0 bridgehead atoms. The summed E-state index contributed by atoms with van der Waals surface area (Å²) in [7, 11) is 0. The largest absolute Gasteiger partial charge is 0.353 e. The number of hydrogen-bond acceptors (Lipinski definition) is 5. The van der Waals surface area contributed by atoms with Crippen molar-refractivity contribution in [2.24, 2.45) is 5.92 Å². The van der Waals surface area contributed by atoms with Gasteiger partial charge in [0.05, 0.1) is 5.69 Å². The molecule has 152 valence electrons. The molecule has 2 aromatic rings. The van der Waals surface area contributed by atoms with Crippen LogP contribution in [0.1, 0.15) is 19.8 Å². The second kappa shape index (κ2) is 8.59. The Bertz CT molecular complexity index is 857. The molecule has 0 N–H and O–H groups in total. The quantitative estimate of drug-likeness (QED) is 0.798. The van der Waals surface area contributed by atoms with Gasteiger partial charge in [0.1, 0.15) is 12.1 Å². The Balaban J connectivity index is 1.34. The van der Waals surface area contributed by atoms with Crippen LogP contribution in [0.15, 0.2) is 42.7 Å². The van der Waals surface area contributed by atoms with Gasteiger partial charge in [0.2, 0.25) is 11.8 Å². The monoisotopic (exact) mass is 393 g/mol. The highest BCUT2D eigenvalue weighted by Crippen LogP contribution is 2.23. The molecule has 2 saturated heterocycles. The first-order valence-corrected chi connectivity index (χ1v) is 10.3. The number of aromatic nitrogens is 2. The maximum atomic E-state index is 12.9. The fourth-order valence-corrected chi connectivity index (χ4v) is 4.14. The maximum Gasteiger partial charge on any atom is 0.225 e. The number of piperidine rings is 1. The lowest BCUT2D eigenvalue weighted by molar-refractivity contribution is -0.140. The summed E-state index contributed by atoms with van der Waals surface area (Å²) in [5.74, 6) is 1.28. The van der Waals surface area contributed by atoms with Crippen molar-refractivity contribution in [3.05, 3.63) is 42.7 Å². The number of piperazine rings is 1. The van der Waals surface area contributed by atoms with E-state index in [1.54, 1.807) is 13.3 Å². The van der Waals surface area contributed by atoms with E-state index in [0.29, 0.717) is 26.2 Å². The minimum Gasteiger partial charge on any atom is -0.353 e. The van der Waals surface area contributed by atoms with Crippen LogP contribution in [0.25, 0.3) is 11.3 Å². The molecule has 2 fully saturated rings.